The van der Waals surface area contributed by atoms with Gasteiger partial charge in [-0.05, 0) is 40.2 Å². The zero-order valence-electron chi connectivity index (χ0n) is 9.15. The summed E-state index contributed by atoms with van der Waals surface area (Å²) in [6, 6.07) is 6.39. The number of ether oxygens (including phenoxy) is 1. The van der Waals surface area contributed by atoms with Gasteiger partial charge in [-0.2, -0.15) is 0 Å². The Morgan fingerprint density at radius 1 is 1.44 bits per heavy atom. The normalized spacial score (nSPS) is 10.3. The van der Waals surface area contributed by atoms with E-state index in [1.807, 2.05) is 11.4 Å². The summed E-state index contributed by atoms with van der Waals surface area (Å²) in [6.07, 6.45) is 0. The zero-order valence-corrected chi connectivity index (χ0v) is 12.4. The van der Waals surface area contributed by atoms with E-state index in [9.17, 15) is 4.39 Å². The van der Waals surface area contributed by atoms with Gasteiger partial charge in [0, 0.05) is 20.3 Å². The van der Waals surface area contributed by atoms with Crippen LogP contribution in [0.15, 0.2) is 34.1 Å². The first-order valence-electron chi connectivity index (χ1n) is 5.01. The molecule has 0 amide bonds. The number of rotatable bonds is 4. The maximum Gasteiger partial charge on any atom is 0.165 e. The highest BCUT2D eigenvalue weighted by atomic mass is 79.9. The number of nitrogens with two attached hydrogens (primary N) is 1. The predicted octanol–water partition coefficient (Wildman–Crippen LogP) is 3.86. The molecule has 18 heavy (non-hydrogen) atoms. The lowest BCUT2D eigenvalue weighted by Crippen LogP contribution is -2.09. The molecule has 0 radical (unpaired) electrons. The Hall–Kier alpha value is -0.980. The molecule has 0 saturated carbocycles. The summed E-state index contributed by atoms with van der Waals surface area (Å²) in [4.78, 5) is 1.18. The fourth-order valence-corrected chi connectivity index (χ4v) is 2.84. The van der Waals surface area contributed by atoms with E-state index < -0.39 is 5.82 Å². The molecule has 0 aliphatic heterocycles. The summed E-state index contributed by atoms with van der Waals surface area (Å²) in [5.74, 6) is -0.268. The Labute approximate surface area is 122 Å². The highest BCUT2D eigenvalue weighted by molar-refractivity contribution is 9.10. The van der Waals surface area contributed by atoms with Gasteiger partial charge >= 0.3 is 0 Å². The first-order valence-corrected chi connectivity index (χ1v) is 7.09. The van der Waals surface area contributed by atoms with Gasteiger partial charge in [0.1, 0.15) is 11.6 Å². The molecule has 0 unspecified atom stereocenters. The van der Waals surface area contributed by atoms with Gasteiger partial charge in [-0.25, -0.2) is 4.39 Å². The topological polar surface area (TPSA) is 35.2 Å². The lowest BCUT2D eigenvalue weighted by Gasteiger charge is -2.07. The number of thiocarbonyl (C=S) groups is 1. The van der Waals surface area contributed by atoms with Crippen molar-refractivity contribution in [1.29, 1.82) is 0 Å². The van der Waals surface area contributed by atoms with Crippen LogP contribution in [0.2, 0.25) is 0 Å². The number of thiophene rings is 1. The van der Waals surface area contributed by atoms with E-state index in [1.54, 1.807) is 17.4 Å². The summed E-state index contributed by atoms with van der Waals surface area (Å²) in [6.45, 7) is 0.333. The van der Waals surface area contributed by atoms with Gasteiger partial charge in [-0.3, -0.25) is 0 Å². The van der Waals surface area contributed by atoms with Crippen molar-refractivity contribution in [2.75, 3.05) is 0 Å². The molecule has 2 aromatic rings. The van der Waals surface area contributed by atoms with Crippen LogP contribution in [-0.4, -0.2) is 4.99 Å². The lowest BCUT2D eigenvalue weighted by atomic mass is 10.2. The van der Waals surface area contributed by atoms with Crippen molar-refractivity contribution in [3.63, 3.8) is 0 Å². The van der Waals surface area contributed by atoms with Gasteiger partial charge in [0.2, 0.25) is 0 Å². The molecule has 6 heteroatoms. The summed E-state index contributed by atoms with van der Waals surface area (Å²) in [5, 5.41) is 1.95. The summed E-state index contributed by atoms with van der Waals surface area (Å²) in [7, 11) is 0. The van der Waals surface area contributed by atoms with Crippen LogP contribution < -0.4 is 10.5 Å². The Morgan fingerprint density at radius 2 is 2.22 bits per heavy atom. The molecule has 0 atom stereocenters. The van der Waals surface area contributed by atoms with E-state index in [0.717, 1.165) is 9.35 Å². The lowest BCUT2D eigenvalue weighted by molar-refractivity contribution is 0.293. The van der Waals surface area contributed by atoms with Crippen molar-refractivity contribution in [1.82, 2.24) is 0 Å². The maximum absolute atomic E-state index is 13.7. The molecule has 94 valence electrons. The van der Waals surface area contributed by atoms with Crippen LogP contribution in [0.3, 0.4) is 0 Å². The van der Waals surface area contributed by atoms with E-state index in [2.05, 4.69) is 15.9 Å². The van der Waals surface area contributed by atoms with Gasteiger partial charge in [-0.15, -0.1) is 11.3 Å². The number of hydrogen-bond acceptors (Lipinski definition) is 3. The molecule has 2 rings (SSSR count). The standard InChI is InChI=1S/C12H9BrFNOS2/c13-8-4-9(18-6-8)5-16-11-2-1-7(12(15)17)3-10(11)14/h1-4,6H,5H2,(H2,15,17). The average molecular weight is 346 g/mol. The Bertz CT molecular complexity index is 585. The molecule has 2 N–H and O–H groups in total. The number of halogens is 2. The van der Waals surface area contributed by atoms with Crippen molar-refractivity contribution in [3.05, 3.63) is 50.4 Å². The van der Waals surface area contributed by atoms with Gasteiger partial charge in [0.25, 0.3) is 0 Å². The van der Waals surface area contributed by atoms with Gasteiger partial charge < -0.3 is 10.5 Å². The van der Waals surface area contributed by atoms with E-state index in [0.29, 0.717) is 12.2 Å². The van der Waals surface area contributed by atoms with E-state index in [-0.39, 0.29) is 10.7 Å². The molecule has 0 bridgehead atoms. The third-order valence-electron chi connectivity index (χ3n) is 2.21. The third kappa shape index (κ3) is 3.28. The molecule has 0 spiro atoms. The SMILES string of the molecule is NC(=S)c1ccc(OCc2cc(Br)cs2)c(F)c1. The van der Waals surface area contributed by atoms with Crippen molar-refractivity contribution < 1.29 is 9.13 Å². The fourth-order valence-electron chi connectivity index (χ4n) is 1.35. The first-order chi connectivity index (χ1) is 8.56. The molecule has 0 aliphatic rings. The third-order valence-corrected chi connectivity index (χ3v) is 4.11. The molecule has 0 saturated heterocycles. The molecule has 0 aliphatic carbocycles. The van der Waals surface area contributed by atoms with Crippen LogP contribution in [0, 0.1) is 5.82 Å². The Morgan fingerprint density at radius 3 is 2.78 bits per heavy atom. The predicted molar refractivity (Wildman–Crippen MR) is 78.6 cm³/mol. The molecule has 1 heterocycles. The molecule has 1 aromatic heterocycles. The molecule has 1 aromatic carbocycles. The maximum atomic E-state index is 13.7. The summed E-state index contributed by atoms with van der Waals surface area (Å²) >= 11 is 9.67. The van der Waals surface area contributed by atoms with Crippen molar-refractivity contribution in [3.8, 4) is 5.75 Å². The molecule has 0 fully saturated rings. The second kappa shape index (κ2) is 5.77. The average Bonchev–Trinajstić information content (AvgIpc) is 2.73. The minimum Gasteiger partial charge on any atom is -0.485 e. The molecular formula is C12H9BrFNOS2. The quantitative estimate of drug-likeness (QED) is 0.854. The fraction of sp³-hybridized carbons (Fsp3) is 0.0833. The number of hydrogen-bond donors (Lipinski definition) is 1. The van der Waals surface area contributed by atoms with Crippen molar-refractivity contribution in [2.45, 2.75) is 6.61 Å². The highest BCUT2D eigenvalue weighted by Gasteiger charge is 2.07. The van der Waals surface area contributed by atoms with Crippen LogP contribution in [-0.2, 0) is 6.61 Å². The van der Waals surface area contributed by atoms with E-state index >= 15 is 0 Å². The van der Waals surface area contributed by atoms with Gasteiger partial charge in [-0.1, -0.05) is 12.2 Å². The second-order valence-corrected chi connectivity index (χ2v) is 5.88. The van der Waals surface area contributed by atoms with Crippen LogP contribution in [0.1, 0.15) is 10.4 Å². The summed E-state index contributed by atoms with van der Waals surface area (Å²) < 4.78 is 20.1. The zero-order chi connectivity index (χ0) is 13.1. The Balaban J connectivity index is 2.08. The van der Waals surface area contributed by atoms with Crippen molar-refractivity contribution >= 4 is 44.5 Å². The molecular weight excluding hydrogens is 337 g/mol. The highest BCUT2D eigenvalue weighted by Crippen LogP contribution is 2.23. The minimum absolute atomic E-state index is 0.169. The second-order valence-electron chi connectivity index (χ2n) is 3.53. The molecule has 2 nitrogen and oxygen atoms in total. The smallest absolute Gasteiger partial charge is 0.165 e. The largest absolute Gasteiger partial charge is 0.485 e. The minimum atomic E-state index is -0.462. The number of benzene rings is 1. The van der Waals surface area contributed by atoms with Crippen LogP contribution in [0.4, 0.5) is 4.39 Å². The summed E-state index contributed by atoms with van der Waals surface area (Å²) in [5.41, 5.74) is 5.92. The first kappa shape index (κ1) is 13.5. The monoisotopic (exact) mass is 345 g/mol. The van der Waals surface area contributed by atoms with E-state index in [1.165, 1.54) is 12.1 Å². The van der Waals surface area contributed by atoms with E-state index in [4.69, 9.17) is 22.7 Å². The van der Waals surface area contributed by atoms with Gasteiger partial charge in [0.05, 0.1) is 0 Å². The Kier molecular flexibility index (Phi) is 4.31. The van der Waals surface area contributed by atoms with Gasteiger partial charge in [0.15, 0.2) is 11.6 Å². The van der Waals surface area contributed by atoms with Crippen LogP contribution in [0.25, 0.3) is 0 Å². The van der Waals surface area contributed by atoms with Crippen LogP contribution >= 0.6 is 39.5 Å². The van der Waals surface area contributed by atoms with Crippen molar-refractivity contribution in [2.24, 2.45) is 5.73 Å². The van der Waals surface area contributed by atoms with Crippen LogP contribution in [0.5, 0.6) is 5.75 Å².